The molecule has 0 saturated carbocycles. The smallest absolute Gasteiger partial charge is 0.241 e. The second kappa shape index (κ2) is 8.68. The first-order valence-electron chi connectivity index (χ1n) is 10.1. The van der Waals surface area contributed by atoms with Gasteiger partial charge < -0.3 is 9.64 Å². The zero-order valence-electron chi connectivity index (χ0n) is 15.8. The molecule has 0 N–H and O–H groups in total. The lowest BCUT2D eigenvalue weighted by molar-refractivity contribution is -0.120. The molecular formula is C23H28N2O2. The van der Waals surface area contributed by atoms with Gasteiger partial charge in [0.15, 0.2) is 0 Å². The Labute approximate surface area is 161 Å². The number of para-hydroxylation sites is 1. The molecule has 1 fully saturated rings. The van der Waals surface area contributed by atoms with Crippen molar-refractivity contribution in [1.82, 2.24) is 4.90 Å². The van der Waals surface area contributed by atoms with Crippen LogP contribution >= 0.6 is 0 Å². The summed E-state index contributed by atoms with van der Waals surface area (Å²) < 4.78 is 6.06. The van der Waals surface area contributed by atoms with Crippen LogP contribution in [0.1, 0.15) is 30.4 Å². The first kappa shape index (κ1) is 18.2. The average molecular weight is 364 g/mol. The molecule has 4 rings (SSSR count). The van der Waals surface area contributed by atoms with E-state index in [0.717, 1.165) is 51.0 Å². The summed E-state index contributed by atoms with van der Waals surface area (Å²) in [6.07, 6.45) is 4.42. The lowest BCUT2D eigenvalue weighted by Crippen LogP contribution is -2.46. The molecule has 27 heavy (non-hydrogen) atoms. The lowest BCUT2D eigenvalue weighted by atomic mass is 10.0. The molecule has 0 unspecified atom stereocenters. The van der Waals surface area contributed by atoms with E-state index in [1.54, 1.807) is 0 Å². The van der Waals surface area contributed by atoms with Gasteiger partial charge in [0.25, 0.3) is 0 Å². The van der Waals surface area contributed by atoms with Crippen LogP contribution in [0.25, 0.3) is 0 Å². The van der Waals surface area contributed by atoms with Crippen LogP contribution in [0.4, 0.5) is 5.69 Å². The van der Waals surface area contributed by atoms with Crippen LogP contribution in [0, 0.1) is 0 Å². The number of carbonyl (C=O) groups is 1. The molecule has 2 aromatic rings. The molecule has 0 spiro atoms. The number of fused-ring (bicyclic) bond motifs is 1. The van der Waals surface area contributed by atoms with Crippen molar-refractivity contribution in [1.29, 1.82) is 0 Å². The second-order valence-corrected chi connectivity index (χ2v) is 7.55. The maximum absolute atomic E-state index is 12.9. The minimum absolute atomic E-state index is 0.228. The van der Waals surface area contributed by atoms with Crippen molar-refractivity contribution in [2.45, 2.75) is 38.4 Å². The molecule has 4 nitrogen and oxygen atoms in total. The van der Waals surface area contributed by atoms with Crippen molar-refractivity contribution < 1.29 is 9.53 Å². The average Bonchev–Trinajstić information content (AvgIpc) is 2.73. The fraction of sp³-hybridized carbons (Fsp3) is 0.435. The van der Waals surface area contributed by atoms with Crippen molar-refractivity contribution in [3.8, 4) is 0 Å². The molecule has 2 aliphatic heterocycles. The van der Waals surface area contributed by atoms with Crippen LogP contribution in [-0.4, -0.2) is 43.1 Å². The number of nitrogens with zero attached hydrogens (tertiary/aromatic N) is 2. The van der Waals surface area contributed by atoms with Gasteiger partial charge in [-0.2, -0.15) is 0 Å². The third-order valence-electron chi connectivity index (χ3n) is 5.63. The van der Waals surface area contributed by atoms with Crippen LogP contribution in [0.5, 0.6) is 0 Å². The first-order valence-corrected chi connectivity index (χ1v) is 10.1. The van der Waals surface area contributed by atoms with Crippen LogP contribution < -0.4 is 4.90 Å². The van der Waals surface area contributed by atoms with E-state index >= 15 is 0 Å². The topological polar surface area (TPSA) is 32.8 Å². The van der Waals surface area contributed by atoms with E-state index in [0.29, 0.717) is 19.3 Å². The van der Waals surface area contributed by atoms with Crippen LogP contribution in [0.3, 0.4) is 0 Å². The number of aryl methyl sites for hydroxylation is 1. The number of hydrogen-bond acceptors (Lipinski definition) is 3. The Bertz CT molecular complexity index is 754. The summed E-state index contributed by atoms with van der Waals surface area (Å²) >= 11 is 0. The van der Waals surface area contributed by atoms with Crippen molar-refractivity contribution >= 4 is 11.6 Å². The van der Waals surface area contributed by atoms with Gasteiger partial charge in [0.05, 0.1) is 19.3 Å². The Morgan fingerprint density at radius 3 is 2.52 bits per heavy atom. The predicted octanol–water partition coefficient (Wildman–Crippen LogP) is 3.65. The first-order chi connectivity index (χ1) is 13.3. The Balaban J connectivity index is 1.25. The Morgan fingerprint density at radius 1 is 0.963 bits per heavy atom. The van der Waals surface area contributed by atoms with E-state index in [4.69, 9.17) is 4.74 Å². The molecule has 0 aromatic heterocycles. The third kappa shape index (κ3) is 4.57. The van der Waals surface area contributed by atoms with Gasteiger partial charge in [-0.15, -0.1) is 0 Å². The van der Waals surface area contributed by atoms with E-state index in [1.165, 1.54) is 11.1 Å². The van der Waals surface area contributed by atoms with E-state index < -0.39 is 0 Å². The molecule has 2 aromatic carbocycles. The predicted molar refractivity (Wildman–Crippen MR) is 108 cm³/mol. The maximum atomic E-state index is 12.9. The third-order valence-corrected chi connectivity index (χ3v) is 5.63. The Morgan fingerprint density at radius 2 is 1.70 bits per heavy atom. The highest BCUT2D eigenvalue weighted by Gasteiger charge is 2.26. The van der Waals surface area contributed by atoms with Gasteiger partial charge in [-0.1, -0.05) is 48.5 Å². The normalized spacial score (nSPS) is 18.3. The summed E-state index contributed by atoms with van der Waals surface area (Å²) in [5.74, 6) is 0.228. The number of rotatable bonds is 5. The van der Waals surface area contributed by atoms with Gasteiger partial charge >= 0.3 is 0 Å². The number of piperidine rings is 1. The van der Waals surface area contributed by atoms with Crippen molar-refractivity contribution in [2.75, 3.05) is 31.1 Å². The van der Waals surface area contributed by atoms with Crippen LogP contribution in [-0.2, 0) is 22.6 Å². The molecule has 1 amide bonds. The van der Waals surface area contributed by atoms with E-state index in [-0.39, 0.29) is 5.91 Å². The number of anilines is 1. The molecule has 142 valence electrons. The van der Waals surface area contributed by atoms with Crippen molar-refractivity contribution in [3.63, 3.8) is 0 Å². The Kier molecular flexibility index (Phi) is 5.85. The van der Waals surface area contributed by atoms with Crippen LogP contribution in [0.15, 0.2) is 54.6 Å². The number of carbonyl (C=O) groups excluding carboxylic acids is 1. The summed E-state index contributed by atoms with van der Waals surface area (Å²) in [6, 6.07) is 18.6. The lowest BCUT2D eigenvalue weighted by Gasteiger charge is -2.34. The fourth-order valence-corrected chi connectivity index (χ4v) is 4.09. The van der Waals surface area contributed by atoms with Gasteiger partial charge in [-0.25, -0.2) is 0 Å². The minimum atomic E-state index is 0.228. The molecule has 0 radical (unpaired) electrons. The summed E-state index contributed by atoms with van der Waals surface area (Å²) in [6.45, 7) is 3.89. The van der Waals surface area contributed by atoms with Crippen LogP contribution in [0.2, 0.25) is 0 Å². The molecule has 4 heteroatoms. The van der Waals surface area contributed by atoms with Gasteiger partial charge in [-0.3, -0.25) is 9.69 Å². The number of likely N-dealkylation sites (tertiary alicyclic amines) is 1. The number of benzene rings is 2. The zero-order chi connectivity index (χ0) is 18.5. The molecular weight excluding hydrogens is 336 g/mol. The summed E-state index contributed by atoms with van der Waals surface area (Å²) in [5, 5.41) is 0. The standard InChI is InChI=1S/C23H28N2O2/c26-23(25-14-6-10-20-9-4-5-11-22(20)25)17-24-15-12-21(13-16-24)27-18-19-7-2-1-3-8-19/h1-5,7-9,11,21H,6,10,12-18H2. The monoisotopic (exact) mass is 364 g/mol. The molecule has 2 heterocycles. The van der Waals surface area contributed by atoms with E-state index in [1.807, 2.05) is 29.2 Å². The molecule has 2 aliphatic rings. The number of ether oxygens (including phenoxy) is 1. The highest BCUT2D eigenvalue weighted by Crippen LogP contribution is 2.27. The van der Waals surface area contributed by atoms with Gasteiger partial charge in [-0.05, 0) is 42.9 Å². The summed E-state index contributed by atoms with van der Waals surface area (Å²) in [5.41, 5.74) is 3.62. The quantitative estimate of drug-likeness (QED) is 0.812. The van der Waals surface area contributed by atoms with E-state index in [2.05, 4.69) is 35.2 Å². The molecule has 0 atom stereocenters. The van der Waals surface area contributed by atoms with Crippen molar-refractivity contribution in [2.24, 2.45) is 0 Å². The second-order valence-electron chi connectivity index (χ2n) is 7.55. The Hall–Kier alpha value is -2.17. The number of hydrogen-bond donors (Lipinski definition) is 0. The largest absolute Gasteiger partial charge is 0.373 e. The summed E-state index contributed by atoms with van der Waals surface area (Å²) in [4.78, 5) is 17.1. The minimum Gasteiger partial charge on any atom is -0.373 e. The summed E-state index contributed by atoms with van der Waals surface area (Å²) in [7, 11) is 0. The maximum Gasteiger partial charge on any atom is 0.241 e. The zero-order valence-corrected chi connectivity index (χ0v) is 15.8. The molecule has 1 saturated heterocycles. The highest BCUT2D eigenvalue weighted by molar-refractivity contribution is 5.95. The SMILES string of the molecule is O=C(CN1CCC(OCc2ccccc2)CC1)N1CCCc2ccccc21. The highest BCUT2D eigenvalue weighted by atomic mass is 16.5. The van der Waals surface area contributed by atoms with Gasteiger partial charge in [0.2, 0.25) is 5.91 Å². The number of amides is 1. The fourth-order valence-electron chi connectivity index (χ4n) is 4.09. The van der Waals surface area contributed by atoms with E-state index in [9.17, 15) is 4.79 Å². The molecule has 0 bridgehead atoms. The van der Waals surface area contributed by atoms with Gasteiger partial charge in [0.1, 0.15) is 0 Å². The van der Waals surface area contributed by atoms with Crippen molar-refractivity contribution in [3.05, 3.63) is 65.7 Å². The molecule has 0 aliphatic carbocycles. The van der Waals surface area contributed by atoms with Gasteiger partial charge in [0, 0.05) is 25.3 Å².